The molecule has 2 heterocycles. The van der Waals surface area contributed by atoms with Gasteiger partial charge in [0.25, 0.3) is 5.91 Å². The fourth-order valence-corrected chi connectivity index (χ4v) is 4.15. The highest BCUT2D eigenvalue weighted by Gasteiger charge is 2.25. The zero-order chi connectivity index (χ0) is 19.6. The van der Waals surface area contributed by atoms with Crippen molar-refractivity contribution in [1.82, 2.24) is 9.88 Å². The second-order valence-corrected chi connectivity index (χ2v) is 8.37. The van der Waals surface area contributed by atoms with Gasteiger partial charge in [-0.25, -0.2) is 4.98 Å². The van der Waals surface area contributed by atoms with E-state index in [0.717, 1.165) is 10.6 Å². The number of carbonyl (C=O) groups is 2. The van der Waals surface area contributed by atoms with Crippen LogP contribution >= 0.6 is 22.9 Å². The van der Waals surface area contributed by atoms with E-state index in [4.69, 9.17) is 16.3 Å². The Bertz CT molecular complexity index is 866. The largest absolute Gasteiger partial charge is 0.496 e. The smallest absolute Gasteiger partial charge is 0.261 e. The monoisotopic (exact) mass is 407 g/mol. The summed E-state index contributed by atoms with van der Waals surface area (Å²) in [6, 6.07) is 4.89. The van der Waals surface area contributed by atoms with Crippen LogP contribution < -0.4 is 10.1 Å². The number of amides is 2. The van der Waals surface area contributed by atoms with Crippen LogP contribution in [0.4, 0.5) is 5.13 Å². The van der Waals surface area contributed by atoms with Crippen LogP contribution in [0, 0.1) is 5.92 Å². The van der Waals surface area contributed by atoms with E-state index in [9.17, 15) is 9.59 Å². The Morgan fingerprint density at radius 3 is 2.89 bits per heavy atom. The number of benzene rings is 1. The number of fused-ring (bicyclic) bond motifs is 1. The first-order chi connectivity index (χ1) is 12.9. The summed E-state index contributed by atoms with van der Waals surface area (Å²) in [7, 11) is 1.50. The number of hydrogen-bond acceptors (Lipinski definition) is 5. The Morgan fingerprint density at radius 2 is 2.19 bits per heavy atom. The highest BCUT2D eigenvalue weighted by molar-refractivity contribution is 7.15. The van der Waals surface area contributed by atoms with Crippen LogP contribution in [0.2, 0.25) is 5.02 Å². The Hall–Kier alpha value is -2.12. The number of nitrogens with zero attached hydrogens (tertiary/aromatic N) is 2. The van der Waals surface area contributed by atoms with Gasteiger partial charge in [-0.3, -0.25) is 14.9 Å². The minimum atomic E-state index is -0.326. The van der Waals surface area contributed by atoms with Crippen molar-refractivity contribution in [2.24, 2.45) is 5.92 Å². The lowest BCUT2D eigenvalue weighted by molar-refractivity contribution is -0.132. The first-order valence-electron chi connectivity index (χ1n) is 8.78. The molecule has 0 aliphatic carbocycles. The maximum absolute atomic E-state index is 12.6. The summed E-state index contributed by atoms with van der Waals surface area (Å²) >= 11 is 7.40. The molecule has 0 saturated carbocycles. The highest BCUT2D eigenvalue weighted by atomic mass is 35.5. The van der Waals surface area contributed by atoms with Crippen LogP contribution in [0.25, 0.3) is 0 Å². The zero-order valence-corrected chi connectivity index (χ0v) is 17.1. The van der Waals surface area contributed by atoms with Crippen LogP contribution in [-0.4, -0.2) is 35.4 Å². The number of halogens is 1. The number of methoxy groups -OCH3 is 1. The van der Waals surface area contributed by atoms with Crippen molar-refractivity contribution in [2.45, 2.75) is 33.2 Å². The van der Waals surface area contributed by atoms with Gasteiger partial charge < -0.3 is 9.64 Å². The molecule has 0 radical (unpaired) electrons. The number of carbonyl (C=O) groups excluding carboxylic acids is 2. The second kappa shape index (κ2) is 8.27. The molecule has 1 N–H and O–H groups in total. The molecule has 2 aromatic rings. The summed E-state index contributed by atoms with van der Waals surface area (Å²) in [5, 5.41) is 3.80. The normalized spacial score (nSPS) is 13.4. The summed E-state index contributed by atoms with van der Waals surface area (Å²) in [5.41, 5.74) is 1.30. The number of anilines is 1. The van der Waals surface area contributed by atoms with Gasteiger partial charge in [0.1, 0.15) is 5.75 Å². The van der Waals surface area contributed by atoms with Crippen LogP contribution in [0.15, 0.2) is 18.2 Å². The molecule has 1 aromatic carbocycles. The topological polar surface area (TPSA) is 71.5 Å². The number of nitrogens with one attached hydrogen (secondary N) is 1. The minimum absolute atomic E-state index is 0.165. The SMILES string of the molecule is COc1ccc(Cl)cc1C(=O)Nc1nc2c(s1)CN(C(=O)CC(C)C)CC2. The van der Waals surface area contributed by atoms with E-state index < -0.39 is 0 Å². The third-order valence-corrected chi connectivity index (χ3v) is 5.53. The molecule has 0 bridgehead atoms. The highest BCUT2D eigenvalue weighted by Crippen LogP contribution is 2.30. The van der Waals surface area contributed by atoms with E-state index in [1.54, 1.807) is 18.2 Å². The van der Waals surface area contributed by atoms with Gasteiger partial charge in [-0.15, -0.1) is 0 Å². The van der Waals surface area contributed by atoms with Crippen LogP contribution in [0.3, 0.4) is 0 Å². The molecule has 0 saturated heterocycles. The summed E-state index contributed by atoms with van der Waals surface area (Å²) in [4.78, 5) is 32.3. The molecule has 144 valence electrons. The lowest BCUT2D eigenvalue weighted by Crippen LogP contribution is -2.36. The molecule has 1 aliphatic heterocycles. The standard InChI is InChI=1S/C19H22ClN3O3S/c1-11(2)8-17(24)23-7-6-14-16(10-23)27-19(21-14)22-18(25)13-9-12(20)4-5-15(13)26-3/h4-5,9,11H,6-8,10H2,1-3H3,(H,21,22,25). The van der Waals surface area contributed by atoms with Gasteiger partial charge in [0.2, 0.25) is 5.91 Å². The predicted octanol–water partition coefficient (Wildman–Crippen LogP) is 3.99. The fourth-order valence-electron chi connectivity index (χ4n) is 2.96. The summed E-state index contributed by atoms with van der Waals surface area (Å²) in [6.07, 6.45) is 1.25. The molecular weight excluding hydrogens is 386 g/mol. The first kappa shape index (κ1) is 19.6. The molecule has 0 atom stereocenters. The van der Waals surface area contributed by atoms with E-state index in [0.29, 0.717) is 53.3 Å². The van der Waals surface area contributed by atoms with Gasteiger partial charge in [0, 0.05) is 29.3 Å². The van der Waals surface area contributed by atoms with Crippen LogP contribution in [-0.2, 0) is 17.8 Å². The van der Waals surface area contributed by atoms with E-state index >= 15 is 0 Å². The molecule has 0 spiro atoms. The number of hydrogen-bond donors (Lipinski definition) is 1. The maximum Gasteiger partial charge on any atom is 0.261 e. The van der Waals surface area contributed by atoms with Crippen molar-refractivity contribution < 1.29 is 14.3 Å². The van der Waals surface area contributed by atoms with Gasteiger partial charge in [0.15, 0.2) is 5.13 Å². The van der Waals surface area contributed by atoms with Crippen LogP contribution in [0.1, 0.15) is 41.2 Å². The van der Waals surface area contributed by atoms with Crippen LogP contribution in [0.5, 0.6) is 5.75 Å². The molecule has 27 heavy (non-hydrogen) atoms. The Balaban J connectivity index is 1.72. The van der Waals surface area contributed by atoms with Crippen molar-refractivity contribution in [3.8, 4) is 5.75 Å². The lowest BCUT2D eigenvalue weighted by Gasteiger charge is -2.26. The van der Waals surface area contributed by atoms with Gasteiger partial charge in [-0.05, 0) is 24.1 Å². The first-order valence-corrected chi connectivity index (χ1v) is 9.98. The van der Waals surface area contributed by atoms with Gasteiger partial charge in [-0.2, -0.15) is 0 Å². The van der Waals surface area contributed by atoms with Crippen molar-refractivity contribution in [3.63, 3.8) is 0 Å². The molecule has 0 fully saturated rings. The number of thiazole rings is 1. The van der Waals surface area contributed by atoms with E-state index in [1.807, 2.05) is 18.7 Å². The second-order valence-electron chi connectivity index (χ2n) is 6.85. The van der Waals surface area contributed by atoms with Gasteiger partial charge in [0.05, 0.1) is 24.9 Å². The minimum Gasteiger partial charge on any atom is -0.496 e. The maximum atomic E-state index is 12.6. The Morgan fingerprint density at radius 1 is 1.41 bits per heavy atom. The third kappa shape index (κ3) is 4.59. The molecule has 2 amide bonds. The Kier molecular flexibility index (Phi) is 6.01. The average Bonchev–Trinajstić information content (AvgIpc) is 3.02. The van der Waals surface area contributed by atoms with Crippen molar-refractivity contribution in [3.05, 3.63) is 39.4 Å². The average molecular weight is 408 g/mol. The molecule has 8 heteroatoms. The van der Waals surface area contributed by atoms with Gasteiger partial charge >= 0.3 is 0 Å². The van der Waals surface area contributed by atoms with Crippen molar-refractivity contribution in [2.75, 3.05) is 19.0 Å². The molecular formula is C19H22ClN3O3S. The summed E-state index contributed by atoms with van der Waals surface area (Å²) < 4.78 is 5.23. The molecule has 0 unspecified atom stereocenters. The number of aromatic nitrogens is 1. The van der Waals surface area contributed by atoms with E-state index in [1.165, 1.54) is 18.4 Å². The summed E-state index contributed by atoms with van der Waals surface area (Å²) in [5.74, 6) is 0.623. The summed E-state index contributed by atoms with van der Waals surface area (Å²) in [6.45, 7) is 5.29. The van der Waals surface area contributed by atoms with Crippen molar-refractivity contribution >= 4 is 39.9 Å². The van der Waals surface area contributed by atoms with E-state index in [2.05, 4.69) is 10.3 Å². The predicted molar refractivity (Wildman–Crippen MR) is 107 cm³/mol. The zero-order valence-electron chi connectivity index (χ0n) is 15.5. The van der Waals surface area contributed by atoms with Crippen molar-refractivity contribution in [1.29, 1.82) is 0 Å². The lowest BCUT2D eigenvalue weighted by atomic mass is 10.1. The number of ether oxygens (including phenoxy) is 1. The fraction of sp³-hybridized carbons (Fsp3) is 0.421. The molecule has 1 aliphatic rings. The quantitative estimate of drug-likeness (QED) is 0.813. The van der Waals surface area contributed by atoms with Gasteiger partial charge in [-0.1, -0.05) is 36.8 Å². The molecule has 6 nitrogen and oxygen atoms in total. The van der Waals surface area contributed by atoms with E-state index in [-0.39, 0.29) is 11.8 Å². The Labute approximate surface area is 167 Å². The number of rotatable bonds is 5. The molecule has 3 rings (SSSR count). The molecule has 1 aromatic heterocycles. The third-order valence-electron chi connectivity index (χ3n) is 4.29.